The molecule has 4 aliphatic carbocycles. The van der Waals surface area contributed by atoms with Crippen LogP contribution in [0.15, 0.2) is 11.6 Å². The number of hydrogen-bond donors (Lipinski definition) is 1. The van der Waals surface area contributed by atoms with Crippen molar-refractivity contribution in [3.63, 3.8) is 0 Å². The number of aliphatic hydroxyl groups is 1. The van der Waals surface area contributed by atoms with E-state index in [9.17, 15) is 9.90 Å². The fourth-order valence-corrected chi connectivity index (χ4v) is 6.39. The molecule has 0 unspecified atom stereocenters. The summed E-state index contributed by atoms with van der Waals surface area (Å²) in [5.74, 6) is 1.88. The van der Waals surface area contributed by atoms with Crippen molar-refractivity contribution in [2.24, 2.45) is 28.6 Å². The summed E-state index contributed by atoms with van der Waals surface area (Å²) < 4.78 is 8.24. The lowest BCUT2D eigenvalue weighted by atomic mass is 9.48. The van der Waals surface area contributed by atoms with E-state index < -0.39 is 6.58 Å². The van der Waals surface area contributed by atoms with E-state index in [0.717, 1.165) is 51.4 Å². The molecule has 0 aromatic rings. The summed E-state index contributed by atoms with van der Waals surface area (Å²) in [4.78, 5) is 12.4. The van der Waals surface area contributed by atoms with Crippen molar-refractivity contribution in [1.82, 2.24) is 0 Å². The van der Waals surface area contributed by atoms with Crippen LogP contribution >= 0.6 is 0 Å². The molecule has 0 aliphatic heterocycles. The minimum Gasteiger partial charge on any atom is -0.395 e. The first kappa shape index (κ1) is 12.9. The third-order valence-corrected chi connectivity index (χ3v) is 7.56. The maximum Gasteiger partial charge on any atom is 0.139 e. The van der Waals surface area contributed by atoms with E-state index in [4.69, 9.17) is 1.37 Å². The van der Waals surface area contributed by atoms with Crippen molar-refractivity contribution < 1.29 is 11.3 Å². The molecule has 0 aromatic heterocycles. The molecule has 0 radical (unpaired) electrons. The van der Waals surface area contributed by atoms with E-state index in [1.54, 1.807) is 0 Å². The first-order valence-electron chi connectivity index (χ1n) is 9.41. The van der Waals surface area contributed by atoms with Gasteiger partial charge in [-0.1, -0.05) is 25.0 Å². The second-order valence-corrected chi connectivity index (χ2v) is 8.14. The minimum atomic E-state index is -0.992. The average Bonchev–Trinajstić information content (AvgIpc) is 2.82. The normalized spacial score (nSPS) is 51.3. The van der Waals surface area contributed by atoms with E-state index >= 15 is 0 Å². The number of rotatable bonds is 1. The molecule has 3 saturated carbocycles. The van der Waals surface area contributed by atoms with E-state index in [1.165, 1.54) is 12.0 Å². The number of aliphatic hydroxyl groups excluding tert-OH is 1. The Labute approximate surface area is 129 Å². The molecule has 2 heteroatoms. The topological polar surface area (TPSA) is 37.3 Å². The monoisotopic (exact) mass is 290 g/mol. The van der Waals surface area contributed by atoms with Crippen LogP contribution in [-0.2, 0) is 4.79 Å². The summed E-state index contributed by atoms with van der Waals surface area (Å²) in [6.07, 6.45) is 11.6. The Morgan fingerprint density at radius 1 is 1.29 bits per heavy atom. The largest absolute Gasteiger partial charge is 0.395 e. The third-order valence-electron chi connectivity index (χ3n) is 7.56. The van der Waals surface area contributed by atoms with Crippen LogP contribution in [0, 0.1) is 28.6 Å². The van der Waals surface area contributed by atoms with Crippen LogP contribution in [0.3, 0.4) is 0 Å². The van der Waals surface area contributed by atoms with Crippen molar-refractivity contribution in [3.05, 3.63) is 11.6 Å². The highest BCUT2D eigenvalue weighted by Crippen LogP contribution is 2.63. The van der Waals surface area contributed by atoms with Gasteiger partial charge in [-0.3, -0.25) is 4.79 Å². The standard InChI is InChI=1S/C19H28O2/c1-18-11-9-16-14(15(18)7-8-17(18)21)6-5-13-4-2-3-10-19(13,16)12-20/h5,14-16,20H,2-4,6-12H2,1H3/t14-,15-,16-,18-,19+/m0/s1/i12T/t12-,14+,15+,16+,18+,19-/m1. The molecule has 4 aliphatic rings. The number of hydrogen-bond acceptors (Lipinski definition) is 2. The molecule has 3 fully saturated rings. The zero-order valence-corrected chi connectivity index (χ0v) is 13.1. The van der Waals surface area contributed by atoms with Crippen LogP contribution in [0.25, 0.3) is 0 Å². The van der Waals surface area contributed by atoms with E-state index in [1.807, 2.05) is 0 Å². The van der Waals surface area contributed by atoms with Crippen molar-refractivity contribution in [3.8, 4) is 0 Å². The lowest BCUT2D eigenvalue weighted by Gasteiger charge is -2.57. The summed E-state index contributed by atoms with van der Waals surface area (Å²) in [6.45, 7) is 1.20. The van der Waals surface area contributed by atoms with Gasteiger partial charge < -0.3 is 5.11 Å². The van der Waals surface area contributed by atoms with E-state index in [2.05, 4.69) is 13.0 Å². The molecule has 0 heterocycles. The van der Waals surface area contributed by atoms with Gasteiger partial charge in [-0.15, -0.1) is 0 Å². The van der Waals surface area contributed by atoms with Crippen LogP contribution in [0.5, 0.6) is 0 Å². The van der Waals surface area contributed by atoms with Gasteiger partial charge in [-0.05, 0) is 62.7 Å². The van der Waals surface area contributed by atoms with Gasteiger partial charge in [0.25, 0.3) is 0 Å². The van der Waals surface area contributed by atoms with Gasteiger partial charge in [0.1, 0.15) is 5.78 Å². The average molecular weight is 290 g/mol. The Hall–Kier alpha value is -0.630. The van der Waals surface area contributed by atoms with Crippen molar-refractivity contribution in [1.29, 1.82) is 0 Å². The maximum absolute atomic E-state index is 12.4. The molecule has 4 rings (SSSR count). The Morgan fingerprint density at radius 3 is 2.95 bits per heavy atom. The van der Waals surface area contributed by atoms with Crippen LogP contribution in [0.2, 0.25) is 0 Å². The number of allylic oxidation sites excluding steroid dienone is 1. The molecule has 0 spiro atoms. The highest BCUT2D eigenvalue weighted by atomic mass is 16.3. The first-order valence-corrected chi connectivity index (χ1v) is 8.83. The quantitative estimate of drug-likeness (QED) is 0.744. The van der Waals surface area contributed by atoms with Crippen LogP contribution in [0.1, 0.15) is 66.1 Å². The predicted molar refractivity (Wildman–Crippen MR) is 82.7 cm³/mol. The molecule has 6 atom stereocenters. The summed E-state index contributed by atoms with van der Waals surface area (Å²) in [5.41, 5.74) is 0.958. The smallest absolute Gasteiger partial charge is 0.139 e. The maximum atomic E-state index is 12.4. The Bertz CT molecular complexity index is 526. The number of fused-ring (bicyclic) bond motifs is 5. The van der Waals surface area contributed by atoms with E-state index in [0.29, 0.717) is 23.5 Å². The number of Topliss-reactive ketones (excluding diaryl/α,β-unsaturated/α-hetero) is 1. The molecule has 0 amide bonds. The van der Waals surface area contributed by atoms with Gasteiger partial charge in [0.2, 0.25) is 0 Å². The van der Waals surface area contributed by atoms with Gasteiger partial charge >= 0.3 is 0 Å². The second kappa shape index (κ2) is 4.68. The van der Waals surface area contributed by atoms with Gasteiger partial charge in [0, 0.05) is 17.3 Å². The molecule has 2 nitrogen and oxygen atoms in total. The molecular formula is C19H28O2. The van der Waals surface area contributed by atoms with Crippen LogP contribution in [-0.4, -0.2) is 17.5 Å². The number of carbonyl (C=O) groups excluding carboxylic acids is 1. The zero-order chi connectivity index (χ0) is 15.5. The predicted octanol–water partition coefficient (Wildman–Crippen LogP) is 3.88. The zero-order valence-electron chi connectivity index (χ0n) is 14.1. The summed E-state index contributed by atoms with van der Waals surface area (Å²) in [5, 5.41) is 10.4. The first-order chi connectivity index (χ1) is 10.5. The van der Waals surface area contributed by atoms with Crippen molar-refractivity contribution >= 4 is 5.78 Å². The molecule has 1 N–H and O–H groups in total. The SMILES string of the molecule is [3H][C@@H](O)[C@]12CCCCC1=CC[C@@H]1[C@@H]2CC[C@]2(C)C(=O)CC[C@@H]12. The third kappa shape index (κ3) is 1.72. The van der Waals surface area contributed by atoms with Crippen molar-refractivity contribution in [2.45, 2.75) is 64.7 Å². The molecule has 0 aromatic carbocycles. The molecular weight excluding hydrogens is 260 g/mol. The Morgan fingerprint density at radius 2 is 2.14 bits per heavy atom. The van der Waals surface area contributed by atoms with Crippen LogP contribution < -0.4 is 0 Å². The molecule has 0 saturated heterocycles. The fraction of sp³-hybridized carbons (Fsp3) is 0.842. The van der Waals surface area contributed by atoms with Crippen molar-refractivity contribution in [2.75, 3.05) is 6.58 Å². The summed E-state index contributed by atoms with van der Waals surface area (Å²) in [7, 11) is 0. The summed E-state index contributed by atoms with van der Waals surface area (Å²) >= 11 is 0. The van der Waals surface area contributed by atoms with Crippen LogP contribution in [0.4, 0.5) is 0 Å². The van der Waals surface area contributed by atoms with E-state index in [-0.39, 0.29) is 10.8 Å². The lowest BCUT2D eigenvalue weighted by molar-refractivity contribution is -0.132. The highest BCUT2D eigenvalue weighted by Gasteiger charge is 2.59. The highest BCUT2D eigenvalue weighted by molar-refractivity contribution is 5.87. The number of carbonyl (C=O) groups is 1. The molecule has 116 valence electrons. The summed E-state index contributed by atoms with van der Waals surface area (Å²) in [6, 6.07) is 0. The van der Waals surface area contributed by atoms with Gasteiger partial charge in [0.05, 0.1) is 7.95 Å². The molecule has 0 bridgehead atoms. The Kier molecular flexibility index (Phi) is 2.87. The molecule has 21 heavy (non-hydrogen) atoms. The second-order valence-electron chi connectivity index (χ2n) is 8.14. The van der Waals surface area contributed by atoms with Gasteiger partial charge in [0.15, 0.2) is 0 Å². The minimum absolute atomic E-state index is 0.116. The van der Waals surface area contributed by atoms with Gasteiger partial charge in [-0.2, -0.15) is 0 Å². The fourth-order valence-electron chi connectivity index (χ4n) is 6.39. The van der Waals surface area contributed by atoms with Gasteiger partial charge in [-0.25, -0.2) is 0 Å². The Balaban J connectivity index is 1.75. The number of ketones is 1. The lowest BCUT2D eigenvalue weighted by Crippen LogP contribution is -2.52.